The molecule has 0 unspecified atom stereocenters. The fraction of sp³-hybridized carbons (Fsp3) is 0.750. The van der Waals surface area contributed by atoms with E-state index in [1.165, 1.54) is 31.6 Å². The third-order valence-electron chi connectivity index (χ3n) is 3.98. The summed E-state index contributed by atoms with van der Waals surface area (Å²) in [4.78, 5) is 6.76. The van der Waals surface area contributed by atoms with Gasteiger partial charge in [-0.05, 0) is 33.0 Å². The zero-order valence-corrected chi connectivity index (χ0v) is 9.89. The number of hydrogen-bond donors (Lipinski definition) is 1. The Labute approximate surface area is 96.7 Å². The van der Waals surface area contributed by atoms with Gasteiger partial charge in [-0.2, -0.15) is 0 Å². The highest BCUT2D eigenvalue weighted by atomic mass is 15.2. The van der Waals surface area contributed by atoms with Crippen molar-refractivity contribution in [1.82, 2.24) is 19.8 Å². The maximum atomic E-state index is 4.34. The van der Waals surface area contributed by atoms with E-state index >= 15 is 0 Å². The SMILES string of the molecule is CN1CCC(n2cncc2C2CNC2)CC1. The van der Waals surface area contributed by atoms with E-state index in [1.807, 2.05) is 6.33 Å². The number of piperidine rings is 1. The summed E-state index contributed by atoms with van der Waals surface area (Å²) in [6.07, 6.45) is 6.62. The van der Waals surface area contributed by atoms with Crippen LogP contribution in [0.25, 0.3) is 0 Å². The van der Waals surface area contributed by atoms with Crippen LogP contribution in [-0.4, -0.2) is 47.7 Å². The molecule has 1 aromatic heterocycles. The number of nitrogens with zero attached hydrogens (tertiary/aromatic N) is 3. The lowest BCUT2D eigenvalue weighted by Gasteiger charge is -2.34. The summed E-state index contributed by atoms with van der Waals surface area (Å²) in [5.74, 6) is 0.696. The van der Waals surface area contributed by atoms with E-state index in [1.54, 1.807) is 0 Å². The maximum Gasteiger partial charge on any atom is 0.0950 e. The molecule has 1 N–H and O–H groups in total. The third kappa shape index (κ3) is 1.76. The van der Waals surface area contributed by atoms with Crippen LogP contribution < -0.4 is 5.32 Å². The Kier molecular flexibility index (Phi) is 2.69. The predicted molar refractivity (Wildman–Crippen MR) is 63.6 cm³/mol. The van der Waals surface area contributed by atoms with E-state index in [2.05, 4.69) is 33.0 Å². The molecule has 3 rings (SSSR count). The number of nitrogens with one attached hydrogen (secondary N) is 1. The summed E-state index contributed by atoms with van der Waals surface area (Å²) in [6.45, 7) is 4.67. The molecule has 2 aliphatic rings. The van der Waals surface area contributed by atoms with E-state index in [9.17, 15) is 0 Å². The smallest absolute Gasteiger partial charge is 0.0950 e. The molecule has 0 atom stereocenters. The van der Waals surface area contributed by atoms with Gasteiger partial charge in [0.1, 0.15) is 0 Å². The van der Waals surface area contributed by atoms with Crippen LogP contribution in [0, 0.1) is 0 Å². The minimum absolute atomic E-state index is 0.675. The Morgan fingerprint density at radius 2 is 2.06 bits per heavy atom. The summed E-state index contributed by atoms with van der Waals surface area (Å²) >= 11 is 0. The average Bonchev–Trinajstić information content (AvgIpc) is 2.65. The maximum absolute atomic E-state index is 4.34. The van der Waals surface area contributed by atoms with Gasteiger partial charge in [-0.15, -0.1) is 0 Å². The minimum atomic E-state index is 0.675. The summed E-state index contributed by atoms with van der Waals surface area (Å²) < 4.78 is 2.43. The normalized spacial score (nSPS) is 24.6. The Hall–Kier alpha value is -0.870. The van der Waals surface area contributed by atoms with Gasteiger partial charge in [-0.25, -0.2) is 4.98 Å². The molecule has 2 aliphatic heterocycles. The molecular weight excluding hydrogens is 200 g/mol. The van der Waals surface area contributed by atoms with Gasteiger partial charge in [-0.3, -0.25) is 0 Å². The summed E-state index contributed by atoms with van der Waals surface area (Å²) in [5, 5.41) is 3.34. The van der Waals surface area contributed by atoms with E-state index < -0.39 is 0 Å². The predicted octanol–water partition coefficient (Wildman–Crippen LogP) is 0.837. The van der Waals surface area contributed by atoms with Gasteiger partial charge in [0.2, 0.25) is 0 Å². The molecule has 4 nitrogen and oxygen atoms in total. The lowest BCUT2D eigenvalue weighted by atomic mass is 9.98. The van der Waals surface area contributed by atoms with Crippen LogP contribution in [0.3, 0.4) is 0 Å². The second-order valence-corrected chi connectivity index (χ2v) is 5.12. The molecule has 88 valence electrons. The molecular formula is C12H20N4. The van der Waals surface area contributed by atoms with Crippen LogP contribution in [0.5, 0.6) is 0 Å². The summed E-state index contributed by atoms with van der Waals surface area (Å²) in [6, 6.07) is 0.675. The van der Waals surface area contributed by atoms with Crippen molar-refractivity contribution in [3.05, 3.63) is 18.2 Å². The van der Waals surface area contributed by atoms with Crippen molar-refractivity contribution in [2.24, 2.45) is 0 Å². The zero-order chi connectivity index (χ0) is 11.0. The Morgan fingerprint density at radius 1 is 1.31 bits per heavy atom. The molecule has 2 saturated heterocycles. The van der Waals surface area contributed by atoms with Crippen molar-refractivity contribution in [2.75, 3.05) is 33.2 Å². The van der Waals surface area contributed by atoms with Gasteiger partial charge in [0.15, 0.2) is 0 Å². The number of likely N-dealkylation sites (tertiary alicyclic amines) is 1. The van der Waals surface area contributed by atoms with E-state index in [0.717, 1.165) is 13.1 Å². The number of hydrogen-bond acceptors (Lipinski definition) is 3. The summed E-state index contributed by atoms with van der Waals surface area (Å²) in [7, 11) is 2.21. The standard InChI is InChI=1S/C12H20N4/c1-15-4-2-11(3-5-15)16-9-14-8-12(16)10-6-13-7-10/h8-11,13H,2-7H2,1H3. The zero-order valence-electron chi connectivity index (χ0n) is 9.89. The van der Waals surface area contributed by atoms with Crippen LogP contribution in [0.15, 0.2) is 12.5 Å². The van der Waals surface area contributed by atoms with Crippen molar-refractivity contribution < 1.29 is 0 Å². The molecule has 4 heteroatoms. The minimum Gasteiger partial charge on any atom is -0.331 e. The topological polar surface area (TPSA) is 33.1 Å². The Morgan fingerprint density at radius 3 is 2.69 bits per heavy atom. The monoisotopic (exact) mass is 220 g/mol. The molecule has 0 saturated carbocycles. The molecule has 0 radical (unpaired) electrons. The molecule has 0 aliphatic carbocycles. The molecule has 0 aromatic carbocycles. The highest BCUT2D eigenvalue weighted by Crippen LogP contribution is 2.27. The lowest BCUT2D eigenvalue weighted by molar-refractivity contribution is 0.216. The molecule has 2 fully saturated rings. The fourth-order valence-corrected chi connectivity index (χ4v) is 2.71. The second-order valence-electron chi connectivity index (χ2n) is 5.12. The van der Waals surface area contributed by atoms with Crippen LogP contribution in [-0.2, 0) is 0 Å². The van der Waals surface area contributed by atoms with Gasteiger partial charge >= 0.3 is 0 Å². The van der Waals surface area contributed by atoms with Crippen LogP contribution in [0.1, 0.15) is 30.5 Å². The van der Waals surface area contributed by atoms with Gasteiger partial charge in [-0.1, -0.05) is 0 Å². The Bertz CT molecular complexity index is 348. The van der Waals surface area contributed by atoms with Crippen LogP contribution in [0.4, 0.5) is 0 Å². The lowest BCUT2D eigenvalue weighted by Crippen LogP contribution is -2.41. The largest absolute Gasteiger partial charge is 0.331 e. The van der Waals surface area contributed by atoms with Crippen molar-refractivity contribution in [2.45, 2.75) is 24.8 Å². The highest BCUT2D eigenvalue weighted by Gasteiger charge is 2.26. The van der Waals surface area contributed by atoms with Gasteiger partial charge in [0.05, 0.1) is 6.33 Å². The van der Waals surface area contributed by atoms with Crippen LogP contribution >= 0.6 is 0 Å². The average molecular weight is 220 g/mol. The second kappa shape index (κ2) is 4.18. The number of aromatic nitrogens is 2. The first kappa shape index (κ1) is 10.3. The van der Waals surface area contributed by atoms with Crippen molar-refractivity contribution in [1.29, 1.82) is 0 Å². The van der Waals surface area contributed by atoms with Crippen LogP contribution in [0.2, 0.25) is 0 Å². The first-order valence-corrected chi connectivity index (χ1v) is 6.25. The molecule has 3 heterocycles. The van der Waals surface area contributed by atoms with Crippen molar-refractivity contribution >= 4 is 0 Å². The fourth-order valence-electron chi connectivity index (χ4n) is 2.71. The number of imidazole rings is 1. The Balaban J connectivity index is 1.75. The molecule has 0 spiro atoms. The van der Waals surface area contributed by atoms with Gasteiger partial charge in [0.25, 0.3) is 0 Å². The molecule has 0 amide bonds. The number of rotatable bonds is 2. The van der Waals surface area contributed by atoms with Crippen molar-refractivity contribution in [3.63, 3.8) is 0 Å². The first-order chi connectivity index (χ1) is 7.84. The van der Waals surface area contributed by atoms with Crippen molar-refractivity contribution in [3.8, 4) is 0 Å². The highest BCUT2D eigenvalue weighted by molar-refractivity contribution is 5.13. The molecule has 16 heavy (non-hydrogen) atoms. The first-order valence-electron chi connectivity index (χ1n) is 6.25. The molecule has 1 aromatic rings. The quantitative estimate of drug-likeness (QED) is 0.801. The van der Waals surface area contributed by atoms with E-state index in [4.69, 9.17) is 0 Å². The van der Waals surface area contributed by atoms with E-state index in [-0.39, 0.29) is 0 Å². The third-order valence-corrected chi connectivity index (χ3v) is 3.98. The van der Waals surface area contributed by atoms with E-state index in [0.29, 0.717) is 12.0 Å². The summed E-state index contributed by atoms with van der Waals surface area (Å²) in [5.41, 5.74) is 1.44. The molecule has 0 bridgehead atoms. The van der Waals surface area contributed by atoms with Gasteiger partial charge < -0.3 is 14.8 Å². The van der Waals surface area contributed by atoms with Gasteiger partial charge in [0, 0.05) is 36.9 Å².